The van der Waals surface area contributed by atoms with E-state index < -0.39 is 0 Å². The minimum absolute atomic E-state index is 0.169. The Hall–Kier alpha value is -1.78. The molecule has 1 aliphatic heterocycles. The monoisotopic (exact) mass is 291 g/mol. The van der Waals surface area contributed by atoms with Crippen LogP contribution < -0.4 is 10.2 Å². The Labute approximate surface area is 126 Å². The number of nitrogens with one attached hydrogen (secondary N) is 1. The van der Waals surface area contributed by atoms with Crippen LogP contribution in [0.4, 0.5) is 17.1 Å². The van der Waals surface area contributed by atoms with E-state index in [-0.39, 0.29) is 10.6 Å². The molecule has 0 saturated carbocycles. The van der Waals surface area contributed by atoms with Crippen LogP contribution in [0.1, 0.15) is 46.0 Å². The molecule has 21 heavy (non-hydrogen) atoms. The van der Waals surface area contributed by atoms with Crippen molar-refractivity contribution in [1.29, 1.82) is 0 Å². The molecule has 5 nitrogen and oxygen atoms in total. The van der Waals surface area contributed by atoms with Crippen molar-refractivity contribution in [3.63, 3.8) is 0 Å². The number of nitro benzene ring substituents is 1. The summed E-state index contributed by atoms with van der Waals surface area (Å²) in [5.41, 5.74) is 1.98. The first-order chi connectivity index (χ1) is 10.2. The Balaban J connectivity index is 2.37. The molecule has 1 N–H and O–H groups in total. The fraction of sp³-hybridized carbons (Fsp3) is 0.625. The summed E-state index contributed by atoms with van der Waals surface area (Å²) >= 11 is 0. The SMILES string of the molecule is CCNc1cc(N2CCCCCC2CC)cc([N+](=O)[O-])c1. The molecule has 0 aromatic heterocycles. The lowest BCUT2D eigenvalue weighted by molar-refractivity contribution is -0.384. The van der Waals surface area contributed by atoms with E-state index in [1.165, 1.54) is 19.3 Å². The highest BCUT2D eigenvalue weighted by Crippen LogP contribution is 2.31. The van der Waals surface area contributed by atoms with E-state index >= 15 is 0 Å². The number of hydrogen-bond acceptors (Lipinski definition) is 4. The van der Waals surface area contributed by atoms with Crippen molar-refractivity contribution in [1.82, 2.24) is 0 Å². The highest BCUT2D eigenvalue weighted by Gasteiger charge is 2.22. The van der Waals surface area contributed by atoms with Crippen LogP contribution in [0.15, 0.2) is 18.2 Å². The number of nitro groups is 1. The average molecular weight is 291 g/mol. The molecule has 1 aromatic carbocycles. The second kappa shape index (κ2) is 7.29. The molecule has 0 amide bonds. The second-order valence-electron chi connectivity index (χ2n) is 5.63. The summed E-state index contributed by atoms with van der Waals surface area (Å²) in [5, 5.41) is 14.4. The van der Waals surface area contributed by atoms with E-state index in [9.17, 15) is 10.1 Å². The zero-order valence-corrected chi connectivity index (χ0v) is 13.0. The smallest absolute Gasteiger partial charge is 0.273 e. The standard InChI is InChI=1S/C16H25N3O2/c1-3-14-8-6-5-7-9-18(14)15-10-13(17-4-2)11-16(12-15)19(20)21/h10-12,14,17H,3-9H2,1-2H3. The van der Waals surface area contributed by atoms with Gasteiger partial charge in [0.2, 0.25) is 0 Å². The molecule has 1 aliphatic rings. The highest BCUT2D eigenvalue weighted by molar-refractivity contribution is 5.65. The normalized spacial score (nSPS) is 19.1. The summed E-state index contributed by atoms with van der Waals surface area (Å²) in [6.07, 6.45) is 5.93. The first-order valence-electron chi connectivity index (χ1n) is 7.95. The van der Waals surface area contributed by atoms with Crippen molar-refractivity contribution >= 4 is 17.1 Å². The molecule has 1 aromatic rings. The third kappa shape index (κ3) is 3.86. The van der Waals surface area contributed by atoms with Crippen LogP contribution in [-0.2, 0) is 0 Å². The van der Waals surface area contributed by atoms with Gasteiger partial charge in [-0.1, -0.05) is 19.8 Å². The summed E-state index contributed by atoms with van der Waals surface area (Å²) in [7, 11) is 0. The molecule has 0 radical (unpaired) electrons. The van der Waals surface area contributed by atoms with E-state index in [4.69, 9.17) is 0 Å². The van der Waals surface area contributed by atoms with Gasteiger partial charge >= 0.3 is 0 Å². The fourth-order valence-electron chi connectivity index (χ4n) is 3.11. The lowest BCUT2D eigenvalue weighted by Gasteiger charge is -2.31. The van der Waals surface area contributed by atoms with Crippen LogP contribution in [0, 0.1) is 10.1 Å². The maximum atomic E-state index is 11.2. The number of nitrogens with zero attached hydrogens (tertiary/aromatic N) is 2. The molecular weight excluding hydrogens is 266 g/mol. The lowest BCUT2D eigenvalue weighted by atomic mass is 10.1. The second-order valence-corrected chi connectivity index (χ2v) is 5.63. The topological polar surface area (TPSA) is 58.4 Å². The van der Waals surface area contributed by atoms with Crippen molar-refractivity contribution in [2.75, 3.05) is 23.3 Å². The van der Waals surface area contributed by atoms with Crippen molar-refractivity contribution in [3.05, 3.63) is 28.3 Å². The van der Waals surface area contributed by atoms with Gasteiger partial charge in [-0.15, -0.1) is 0 Å². The largest absolute Gasteiger partial charge is 0.385 e. The lowest BCUT2D eigenvalue weighted by Crippen LogP contribution is -2.34. The molecule has 1 saturated heterocycles. The van der Waals surface area contributed by atoms with Crippen LogP contribution in [0.25, 0.3) is 0 Å². The van der Waals surface area contributed by atoms with E-state index in [1.54, 1.807) is 12.1 Å². The fourth-order valence-corrected chi connectivity index (χ4v) is 3.11. The maximum absolute atomic E-state index is 11.2. The van der Waals surface area contributed by atoms with Crippen LogP contribution in [0.3, 0.4) is 0 Å². The van der Waals surface area contributed by atoms with Gasteiger partial charge in [-0.3, -0.25) is 10.1 Å². The molecular formula is C16H25N3O2. The van der Waals surface area contributed by atoms with Crippen molar-refractivity contribution < 1.29 is 4.92 Å². The molecule has 0 bridgehead atoms. The number of anilines is 2. The maximum Gasteiger partial charge on any atom is 0.273 e. The van der Waals surface area contributed by atoms with E-state index in [0.29, 0.717) is 6.04 Å². The van der Waals surface area contributed by atoms with Crippen molar-refractivity contribution in [2.45, 2.75) is 52.0 Å². The Morgan fingerprint density at radius 2 is 2.10 bits per heavy atom. The summed E-state index contributed by atoms with van der Waals surface area (Å²) in [6, 6.07) is 5.87. The molecule has 1 heterocycles. The Morgan fingerprint density at radius 3 is 2.76 bits per heavy atom. The van der Waals surface area contributed by atoms with E-state index in [1.807, 2.05) is 13.0 Å². The minimum atomic E-state index is -0.302. The van der Waals surface area contributed by atoms with Gasteiger partial charge in [-0.25, -0.2) is 0 Å². The summed E-state index contributed by atoms with van der Waals surface area (Å²) in [6.45, 7) is 5.95. The van der Waals surface area contributed by atoms with E-state index in [0.717, 1.165) is 37.3 Å². The van der Waals surface area contributed by atoms with Gasteiger partial charge in [0.1, 0.15) is 0 Å². The Morgan fingerprint density at radius 1 is 1.29 bits per heavy atom. The minimum Gasteiger partial charge on any atom is -0.385 e. The van der Waals surface area contributed by atoms with Gasteiger partial charge in [0, 0.05) is 42.6 Å². The molecule has 1 unspecified atom stereocenters. The Bertz CT molecular complexity index is 490. The van der Waals surface area contributed by atoms with Crippen molar-refractivity contribution in [3.8, 4) is 0 Å². The molecule has 116 valence electrons. The zero-order chi connectivity index (χ0) is 15.2. The summed E-state index contributed by atoms with van der Waals surface area (Å²) in [5.74, 6) is 0. The molecule has 5 heteroatoms. The number of non-ortho nitro benzene ring substituents is 1. The van der Waals surface area contributed by atoms with Crippen molar-refractivity contribution in [2.24, 2.45) is 0 Å². The first kappa shape index (κ1) is 15.6. The number of rotatable bonds is 5. The summed E-state index contributed by atoms with van der Waals surface area (Å²) in [4.78, 5) is 13.2. The van der Waals surface area contributed by atoms with Gasteiger partial charge in [-0.05, 0) is 32.3 Å². The van der Waals surface area contributed by atoms with E-state index in [2.05, 4.69) is 17.1 Å². The summed E-state index contributed by atoms with van der Waals surface area (Å²) < 4.78 is 0. The van der Waals surface area contributed by atoms with Gasteiger partial charge in [0.25, 0.3) is 5.69 Å². The van der Waals surface area contributed by atoms with Gasteiger partial charge in [-0.2, -0.15) is 0 Å². The van der Waals surface area contributed by atoms with Crippen LogP contribution in [-0.4, -0.2) is 24.1 Å². The number of benzene rings is 1. The third-order valence-electron chi connectivity index (χ3n) is 4.17. The zero-order valence-electron chi connectivity index (χ0n) is 13.0. The third-order valence-corrected chi connectivity index (χ3v) is 4.17. The van der Waals surface area contributed by atoms with Crippen LogP contribution in [0.2, 0.25) is 0 Å². The van der Waals surface area contributed by atoms with Crippen LogP contribution in [0.5, 0.6) is 0 Å². The molecule has 0 aliphatic carbocycles. The predicted octanol–water partition coefficient (Wildman–Crippen LogP) is 4.19. The van der Waals surface area contributed by atoms with Gasteiger partial charge < -0.3 is 10.2 Å². The Kier molecular flexibility index (Phi) is 5.42. The van der Waals surface area contributed by atoms with Gasteiger partial charge in [0.15, 0.2) is 0 Å². The predicted molar refractivity (Wildman–Crippen MR) is 87.2 cm³/mol. The molecule has 0 spiro atoms. The number of hydrogen-bond donors (Lipinski definition) is 1. The molecule has 1 atom stereocenters. The first-order valence-corrected chi connectivity index (χ1v) is 7.95. The quantitative estimate of drug-likeness (QED) is 0.653. The van der Waals surface area contributed by atoms with Gasteiger partial charge in [0.05, 0.1) is 4.92 Å². The highest BCUT2D eigenvalue weighted by atomic mass is 16.6. The van der Waals surface area contributed by atoms with Crippen LogP contribution >= 0.6 is 0 Å². The molecule has 1 fully saturated rings. The molecule has 2 rings (SSSR count). The average Bonchev–Trinajstić information content (AvgIpc) is 2.72.